The zero-order valence-corrected chi connectivity index (χ0v) is 28.2. The van der Waals surface area contributed by atoms with Crippen molar-refractivity contribution in [3.63, 3.8) is 0 Å². The van der Waals surface area contributed by atoms with E-state index in [0.717, 1.165) is 19.3 Å². The van der Waals surface area contributed by atoms with Gasteiger partial charge in [-0.3, -0.25) is 24.0 Å². The molecule has 3 fully saturated rings. The lowest BCUT2D eigenvalue weighted by Crippen LogP contribution is -2.56. The van der Waals surface area contributed by atoms with E-state index < -0.39 is 60.7 Å². The third-order valence-corrected chi connectivity index (χ3v) is 9.25. The van der Waals surface area contributed by atoms with Crippen LogP contribution in [0.4, 0.5) is 9.18 Å². The number of nitrogens with one attached hydrogen (secondary N) is 2. The van der Waals surface area contributed by atoms with Crippen LogP contribution in [-0.4, -0.2) is 125 Å². The van der Waals surface area contributed by atoms with E-state index in [4.69, 9.17) is 9.47 Å². The molecule has 0 radical (unpaired) electrons. The highest BCUT2D eigenvalue weighted by Crippen LogP contribution is 2.30. The van der Waals surface area contributed by atoms with Crippen LogP contribution in [0, 0.1) is 12.7 Å². The van der Waals surface area contributed by atoms with Crippen molar-refractivity contribution in [3.8, 4) is 5.75 Å². The molecule has 2 atom stereocenters. The van der Waals surface area contributed by atoms with Crippen LogP contribution < -0.4 is 15.4 Å². The zero-order valence-electron chi connectivity index (χ0n) is 28.2. The van der Waals surface area contributed by atoms with Crippen LogP contribution in [0.15, 0.2) is 18.2 Å². The number of likely N-dealkylation sites (tertiary alicyclic amines) is 1. The molecule has 3 aliphatic rings. The van der Waals surface area contributed by atoms with Crippen LogP contribution >= 0.6 is 0 Å². The molecular weight excluding hydrogens is 655 g/mol. The van der Waals surface area contributed by atoms with Gasteiger partial charge in [-0.15, -0.1) is 0 Å². The predicted octanol–water partition coefficient (Wildman–Crippen LogP) is 1.98. The van der Waals surface area contributed by atoms with Crippen molar-refractivity contribution in [1.82, 2.24) is 30.3 Å². The first kappa shape index (κ1) is 36.3. The number of pyridine rings is 1. The van der Waals surface area contributed by atoms with Gasteiger partial charge in [-0.2, -0.15) is 0 Å². The first-order valence-corrected chi connectivity index (χ1v) is 17.0. The Kier molecular flexibility index (Phi) is 11.7. The van der Waals surface area contributed by atoms with Gasteiger partial charge < -0.3 is 39.9 Å². The second-order valence-electron chi connectivity index (χ2n) is 12.8. The number of aromatic nitrogens is 1. The number of ether oxygens (including phenoxy) is 2. The minimum absolute atomic E-state index is 0.0568. The number of piperazine rings is 1. The van der Waals surface area contributed by atoms with Crippen molar-refractivity contribution in [3.05, 3.63) is 35.3 Å². The molecule has 3 heterocycles. The average molecular weight is 699 g/mol. The molecule has 2 unspecified atom stereocenters. The second kappa shape index (κ2) is 16.1. The van der Waals surface area contributed by atoms with E-state index >= 15 is 4.39 Å². The molecule has 2 aromatic rings. The highest BCUT2D eigenvalue weighted by atomic mass is 19.1. The molecule has 2 saturated heterocycles. The lowest BCUT2D eigenvalue weighted by Gasteiger charge is -2.35. The number of aliphatic carboxylic acids is 1. The highest BCUT2D eigenvalue weighted by molar-refractivity contribution is 6.00. The highest BCUT2D eigenvalue weighted by Gasteiger charge is 2.36. The number of carboxylic acid groups (broad SMARTS) is 1. The quantitative estimate of drug-likeness (QED) is 0.296. The third-order valence-electron chi connectivity index (χ3n) is 9.25. The second-order valence-corrected chi connectivity index (χ2v) is 12.8. The number of carboxylic acids is 1. The van der Waals surface area contributed by atoms with Crippen LogP contribution in [0.5, 0.6) is 5.75 Å². The predicted molar refractivity (Wildman–Crippen MR) is 176 cm³/mol. The van der Waals surface area contributed by atoms with Gasteiger partial charge in [-0.25, -0.2) is 14.2 Å². The number of aryl methyl sites for hydroxylation is 1. The van der Waals surface area contributed by atoms with Crippen molar-refractivity contribution in [2.24, 2.45) is 0 Å². The van der Waals surface area contributed by atoms with Crippen LogP contribution in [0.2, 0.25) is 0 Å². The summed E-state index contributed by atoms with van der Waals surface area (Å²) < 4.78 is 26.2. The molecule has 5 amide bonds. The zero-order chi connectivity index (χ0) is 35.9. The number of amides is 5. The summed E-state index contributed by atoms with van der Waals surface area (Å²) in [5.74, 6) is -4.03. The van der Waals surface area contributed by atoms with Gasteiger partial charge in [0.15, 0.2) is 6.61 Å². The molecule has 0 bridgehead atoms. The molecule has 1 saturated carbocycles. The summed E-state index contributed by atoms with van der Waals surface area (Å²) in [6, 6.07) is 2.23. The molecule has 1 aromatic carbocycles. The summed E-state index contributed by atoms with van der Waals surface area (Å²) in [4.78, 5) is 85.5. The Labute approximate surface area is 288 Å². The van der Waals surface area contributed by atoms with Crippen LogP contribution in [0.25, 0.3) is 10.9 Å². The van der Waals surface area contributed by atoms with Crippen molar-refractivity contribution in [2.45, 2.75) is 76.9 Å². The number of halogens is 1. The number of hydrogen-bond acceptors (Lipinski definition) is 9. The molecule has 16 heteroatoms. The Morgan fingerprint density at radius 3 is 2.38 bits per heavy atom. The SMILES string of the molecule is CCOC(=O)N1CCN(C(=O)C(CCC(=O)O)NC(=O)c2cc(OCC(=O)N3CCCC3C(=O)NC3CCC3)c3c(F)cc(C)cc3n2)CC1. The Morgan fingerprint density at radius 2 is 1.72 bits per heavy atom. The Balaban J connectivity index is 1.32. The Hall–Kier alpha value is -5.02. The van der Waals surface area contributed by atoms with Gasteiger partial charge in [0.25, 0.3) is 11.8 Å². The van der Waals surface area contributed by atoms with Crippen LogP contribution in [-0.2, 0) is 23.9 Å². The smallest absolute Gasteiger partial charge is 0.409 e. The minimum atomic E-state index is -1.25. The monoisotopic (exact) mass is 698 g/mol. The van der Waals surface area contributed by atoms with Gasteiger partial charge in [0.2, 0.25) is 11.8 Å². The maximum absolute atomic E-state index is 15.3. The number of nitrogens with zero attached hydrogens (tertiary/aromatic N) is 4. The van der Waals surface area contributed by atoms with Gasteiger partial charge >= 0.3 is 12.1 Å². The van der Waals surface area contributed by atoms with Gasteiger partial charge in [0.05, 0.1) is 17.5 Å². The van der Waals surface area contributed by atoms with E-state index in [9.17, 15) is 33.9 Å². The van der Waals surface area contributed by atoms with Crippen molar-refractivity contribution < 1.29 is 47.7 Å². The van der Waals surface area contributed by atoms with Crippen LogP contribution in [0.3, 0.4) is 0 Å². The van der Waals surface area contributed by atoms with E-state index in [1.165, 1.54) is 26.8 Å². The molecule has 1 aromatic heterocycles. The van der Waals surface area contributed by atoms with Gasteiger partial charge in [-0.05, 0) is 70.1 Å². The molecule has 270 valence electrons. The number of fused-ring (bicyclic) bond motifs is 1. The first-order chi connectivity index (χ1) is 23.9. The number of benzene rings is 1. The number of hydrogen-bond donors (Lipinski definition) is 3. The van der Waals surface area contributed by atoms with Crippen molar-refractivity contribution in [1.29, 1.82) is 0 Å². The summed E-state index contributed by atoms with van der Waals surface area (Å²) in [5, 5.41) is 14.8. The summed E-state index contributed by atoms with van der Waals surface area (Å²) >= 11 is 0. The number of rotatable bonds is 12. The summed E-state index contributed by atoms with van der Waals surface area (Å²) in [6.45, 7) is 4.07. The lowest BCUT2D eigenvalue weighted by molar-refractivity contribution is -0.140. The van der Waals surface area contributed by atoms with Crippen molar-refractivity contribution >= 4 is 46.6 Å². The summed E-state index contributed by atoms with van der Waals surface area (Å²) in [6.07, 6.45) is 2.90. The summed E-state index contributed by atoms with van der Waals surface area (Å²) in [5.41, 5.74) is 0.333. The number of carbonyl (C=O) groups is 6. The van der Waals surface area contributed by atoms with E-state index in [1.807, 2.05) is 0 Å². The Morgan fingerprint density at radius 1 is 1.00 bits per heavy atom. The van der Waals surface area contributed by atoms with E-state index in [-0.39, 0.29) is 73.5 Å². The van der Waals surface area contributed by atoms with Gasteiger partial charge in [-0.1, -0.05) is 0 Å². The molecule has 1 aliphatic carbocycles. The maximum Gasteiger partial charge on any atom is 0.409 e. The number of carbonyl (C=O) groups excluding carboxylic acids is 5. The fourth-order valence-corrected chi connectivity index (χ4v) is 6.36. The first-order valence-electron chi connectivity index (χ1n) is 17.0. The molecule has 50 heavy (non-hydrogen) atoms. The summed E-state index contributed by atoms with van der Waals surface area (Å²) in [7, 11) is 0. The fourth-order valence-electron chi connectivity index (χ4n) is 6.36. The molecule has 2 aliphatic heterocycles. The van der Waals surface area contributed by atoms with Crippen LogP contribution in [0.1, 0.15) is 67.9 Å². The molecule has 0 spiro atoms. The van der Waals surface area contributed by atoms with E-state index in [2.05, 4.69) is 15.6 Å². The van der Waals surface area contributed by atoms with E-state index in [1.54, 1.807) is 19.9 Å². The molecular formula is C34H43FN6O9. The standard InChI is InChI=1S/C34H43FN6O9/c1-3-49-34(48)40-14-12-39(13-15-40)33(47)23(9-10-29(43)44)38-31(45)25-18-27(30-22(35)16-20(2)17-24(30)37-25)50-19-28(42)41-11-5-8-26(41)32(46)36-21-6-4-7-21/h16-18,21,23,26H,3-15,19H2,1-2H3,(H,36,46)(H,38,45)(H,43,44). The van der Waals surface area contributed by atoms with Gasteiger partial charge in [0, 0.05) is 51.3 Å². The third kappa shape index (κ3) is 8.58. The van der Waals surface area contributed by atoms with E-state index in [0.29, 0.717) is 24.9 Å². The normalized spacial score (nSPS) is 18.3. The molecule has 5 rings (SSSR count). The minimum Gasteiger partial charge on any atom is -0.483 e. The van der Waals surface area contributed by atoms with Gasteiger partial charge in [0.1, 0.15) is 29.3 Å². The topological polar surface area (TPSA) is 188 Å². The molecule has 15 nitrogen and oxygen atoms in total. The molecule has 3 N–H and O–H groups in total. The maximum atomic E-state index is 15.3. The van der Waals surface area contributed by atoms with Crippen molar-refractivity contribution in [2.75, 3.05) is 45.9 Å². The average Bonchev–Trinajstić information content (AvgIpc) is 3.57. The largest absolute Gasteiger partial charge is 0.483 e. The lowest BCUT2D eigenvalue weighted by atomic mass is 9.93. The Bertz CT molecular complexity index is 1640. The fraction of sp³-hybridized carbons (Fsp3) is 0.559.